The summed E-state index contributed by atoms with van der Waals surface area (Å²) in [6, 6.07) is 8.42. The molecule has 0 saturated heterocycles. The molecular weight excluding hydrogens is 366 g/mol. The predicted molar refractivity (Wildman–Crippen MR) is 103 cm³/mol. The highest BCUT2D eigenvalue weighted by molar-refractivity contribution is 9.10. The predicted octanol–water partition coefficient (Wildman–Crippen LogP) is 3.66. The van der Waals surface area contributed by atoms with Gasteiger partial charge in [-0.2, -0.15) is 0 Å². The highest BCUT2D eigenvalue weighted by atomic mass is 79.9. The fourth-order valence-corrected chi connectivity index (χ4v) is 3.19. The van der Waals surface area contributed by atoms with Gasteiger partial charge in [0.25, 0.3) is 0 Å². The first kappa shape index (κ1) is 18.5. The van der Waals surface area contributed by atoms with Gasteiger partial charge in [0, 0.05) is 37.0 Å². The van der Waals surface area contributed by atoms with Crippen LogP contribution in [0.1, 0.15) is 37.2 Å². The summed E-state index contributed by atoms with van der Waals surface area (Å²) in [6.07, 6.45) is 6.08. The van der Waals surface area contributed by atoms with E-state index in [-0.39, 0.29) is 6.04 Å². The van der Waals surface area contributed by atoms with Gasteiger partial charge in [-0.3, -0.25) is 4.99 Å². The van der Waals surface area contributed by atoms with Crippen LogP contribution < -0.4 is 10.6 Å². The highest BCUT2D eigenvalue weighted by Gasteiger charge is 2.10. The van der Waals surface area contributed by atoms with Gasteiger partial charge in [-0.05, 0) is 38.3 Å². The summed E-state index contributed by atoms with van der Waals surface area (Å²) in [6.45, 7) is 6.07. The van der Waals surface area contributed by atoms with Crippen LogP contribution in [0.25, 0.3) is 0 Å². The topological polar surface area (TPSA) is 54.2 Å². The summed E-state index contributed by atoms with van der Waals surface area (Å²) >= 11 is 3.60. The second-order valence-electron chi connectivity index (χ2n) is 5.76. The van der Waals surface area contributed by atoms with Crippen LogP contribution in [0.2, 0.25) is 0 Å². The Kier molecular flexibility index (Phi) is 7.31. The fourth-order valence-electron chi connectivity index (χ4n) is 2.56. The molecule has 0 fully saturated rings. The number of imidazole rings is 1. The van der Waals surface area contributed by atoms with Gasteiger partial charge in [0.2, 0.25) is 0 Å². The van der Waals surface area contributed by atoms with Crippen molar-refractivity contribution in [2.75, 3.05) is 13.6 Å². The van der Waals surface area contributed by atoms with E-state index in [1.807, 2.05) is 31.5 Å². The van der Waals surface area contributed by atoms with Crippen molar-refractivity contribution in [1.82, 2.24) is 20.2 Å². The van der Waals surface area contributed by atoms with Crippen molar-refractivity contribution in [2.45, 2.75) is 39.3 Å². The Hall–Kier alpha value is -1.82. The Balaban J connectivity index is 1.72. The van der Waals surface area contributed by atoms with E-state index in [1.54, 1.807) is 7.05 Å². The van der Waals surface area contributed by atoms with E-state index in [2.05, 4.69) is 60.2 Å². The van der Waals surface area contributed by atoms with E-state index in [9.17, 15) is 0 Å². The molecule has 24 heavy (non-hydrogen) atoms. The third-order valence-corrected chi connectivity index (χ3v) is 4.71. The molecule has 0 aliphatic heterocycles. The molecule has 1 aromatic heterocycles. The largest absolute Gasteiger partial charge is 0.356 e. The van der Waals surface area contributed by atoms with Crippen LogP contribution in [-0.4, -0.2) is 29.1 Å². The zero-order chi connectivity index (χ0) is 17.4. The van der Waals surface area contributed by atoms with Crippen LogP contribution in [0, 0.1) is 6.92 Å². The molecular formula is C18H26BrN5. The molecule has 0 spiro atoms. The first-order valence-corrected chi connectivity index (χ1v) is 9.10. The monoisotopic (exact) mass is 391 g/mol. The Morgan fingerprint density at radius 3 is 2.79 bits per heavy atom. The lowest BCUT2D eigenvalue weighted by Gasteiger charge is -2.19. The maximum Gasteiger partial charge on any atom is 0.191 e. The maximum absolute atomic E-state index is 4.31. The van der Waals surface area contributed by atoms with Crippen LogP contribution in [0.15, 0.2) is 46.1 Å². The SMILES string of the molecule is CN=C(NCCCCn1ccnc1C)NC(C)c1ccccc1Br. The molecule has 0 aliphatic rings. The van der Waals surface area contributed by atoms with E-state index in [1.165, 1.54) is 5.56 Å². The van der Waals surface area contributed by atoms with Crippen molar-refractivity contribution in [2.24, 2.45) is 4.99 Å². The van der Waals surface area contributed by atoms with Crippen LogP contribution >= 0.6 is 15.9 Å². The van der Waals surface area contributed by atoms with Crippen molar-refractivity contribution >= 4 is 21.9 Å². The average molecular weight is 392 g/mol. The number of hydrogen-bond donors (Lipinski definition) is 2. The molecule has 2 N–H and O–H groups in total. The summed E-state index contributed by atoms with van der Waals surface area (Å²) < 4.78 is 3.29. The van der Waals surface area contributed by atoms with Crippen LogP contribution in [-0.2, 0) is 6.54 Å². The number of halogens is 1. The molecule has 2 rings (SSSR count). The van der Waals surface area contributed by atoms with Crippen LogP contribution in [0.3, 0.4) is 0 Å². The molecule has 6 heteroatoms. The quantitative estimate of drug-likeness (QED) is 0.430. The van der Waals surface area contributed by atoms with Gasteiger partial charge in [0.05, 0.1) is 6.04 Å². The standard InChI is InChI=1S/C18H26BrN5/c1-14(16-8-4-5-9-17(16)19)23-18(20-3)22-10-6-7-12-24-13-11-21-15(24)2/h4-5,8-9,11,13-14H,6-7,10,12H2,1-3H3,(H2,20,22,23). The molecule has 130 valence electrons. The second kappa shape index (κ2) is 9.47. The molecule has 1 aromatic carbocycles. The normalized spacial score (nSPS) is 12.9. The van der Waals surface area contributed by atoms with E-state index in [4.69, 9.17) is 0 Å². The molecule has 1 atom stereocenters. The Labute approximate surface area is 152 Å². The number of nitrogens with one attached hydrogen (secondary N) is 2. The lowest BCUT2D eigenvalue weighted by atomic mass is 10.1. The van der Waals surface area contributed by atoms with E-state index in [0.29, 0.717) is 0 Å². The smallest absolute Gasteiger partial charge is 0.191 e. The fraction of sp³-hybridized carbons (Fsp3) is 0.444. The van der Waals surface area contributed by atoms with Gasteiger partial charge < -0.3 is 15.2 Å². The van der Waals surface area contributed by atoms with Crippen molar-refractivity contribution in [3.05, 3.63) is 52.5 Å². The van der Waals surface area contributed by atoms with Crippen molar-refractivity contribution in [3.8, 4) is 0 Å². The summed E-state index contributed by atoms with van der Waals surface area (Å²) in [7, 11) is 1.80. The van der Waals surface area contributed by atoms with Crippen LogP contribution in [0.4, 0.5) is 0 Å². The summed E-state index contributed by atoms with van der Waals surface area (Å²) in [5.74, 6) is 1.90. The number of hydrogen-bond acceptors (Lipinski definition) is 2. The lowest BCUT2D eigenvalue weighted by Crippen LogP contribution is -2.39. The molecule has 0 bridgehead atoms. The molecule has 0 radical (unpaired) electrons. The first-order valence-electron chi connectivity index (χ1n) is 8.31. The second-order valence-corrected chi connectivity index (χ2v) is 6.62. The summed E-state index contributed by atoms with van der Waals surface area (Å²) in [4.78, 5) is 8.55. The maximum atomic E-state index is 4.31. The third-order valence-electron chi connectivity index (χ3n) is 3.99. The first-order chi connectivity index (χ1) is 11.6. The molecule has 5 nitrogen and oxygen atoms in total. The minimum Gasteiger partial charge on any atom is -0.356 e. The zero-order valence-corrected chi connectivity index (χ0v) is 16.2. The van der Waals surface area contributed by atoms with Gasteiger partial charge in [-0.15, -0.1) is 0 Å². The average Bonchev–Trinajstić information content (AvgIpc) is 2.98. The molecule has 2 aromatic rings. The van der Waals surface area contributed by atoms with Gasteiger partial charge in [-0.1, -0.05) is 34.1 Å². The minimum atomic E-state index is 0.181. The number of aromatic nitrogens is 2. The van der Waals surface area contributed by atoms with Gasteiger partial charge in [0.1, 0.15) is 5.82 Å². The number of unbranched alkanes of at least 4 members (excludes halogenated alkanes) is 1. The number of nitrogens with zero attached hydrogens (tertiary/aromatic N) is 3. The minimum absolute atomic E-state index is 0.181. The Morgan fingerprint density at radius 1 is 1.33 bits per heavy atom. The number of rotatable bonds is 7. The van der Waals surface area contributed by atoms with Gasteiger partial charge in [0.15, 0.2) is 5.96 Å². The number of aliphatic imine (C=N–C) groups is 1. The van der Waals surface area contributed by atoms with E-state index >= 15 is 0 Å². The molecule has 0 saturated carbocycles. The Morgan fingerprint density at radius 2 is 2.12 bits per heavy atom. The summed E-state index contributed by atoms with van der Waals surface area (Å²) in [5.41, 5.74) is 1.22. The molecule has 1 unspecified atom stereocenters. The molecule has 0 amide bonds. The number of benzene rings is 1. The van der Waals surface area contributed by atoms with Crippen molar-refractivity contribution in [1.29, 1.82) is 0 Å². The van der Waals surface area contributed by atoms with Crippen molar-refractivity contribution < 1.29 is 0 Å². The Bertz CT molecular complexity index is 665. The summed E-state index contributed by atoms with van der Waals surface area (Å²) in [5, 5.41) is 6.81. The number of aryl methyl sites for hydroxylation is 2. The lowest BCUT2D eigenvalue weighted by molar-refractivity contribution is 0.585. The molecule has 1 heterocycles. The molecule has 0 aliphatic carbocycles. The zero-order valence-electron chi connectivity index (χ0n) is 14.6. The highest BCUT2D eigenvalue weighted by Crippen LogP contribution is 2.22. The van der Waals surface area contributed by atoms with Crippen molar-refractivity contribution in [3.63, 3.8) is 0 Å². The number of guanidine groups is 1. The third kappa shape index (κ3) is 5.37. The van der Waals surface area contributed by atoms with Gasteiger partial charge >= 0.3 is 0 Å². The van der Waals surface area contributed by atoms with Gasteiger partial charge in [-0.25, -0.2) is 4.98 Å². The van der Waals surface area contributed by atoms with E-state index < -0.39 is 0 Å². The van der Waals surface area contributed by atoms with Crippen LogP contribution in [0.5, 0.6) is 0 Å². The van der Waals surface area contributed by atoms with E-state index in [0.717, 1.165) is 42.2 Å².